The summed E-state index contributed by atoms with van der Waals surface area (Å²) >= 11 is 1.56. The lowest BCUT2D eigenvalue weighted by Crippen LogP contribution is -2.50. The van der Waals surface area contributed by atoms with Crippen LogP contribution in [0.5, 0.6) is 0 Å². The molecule has 2 aromatic carbocycles. The Kier molecular flexibility index (Phi) is 7.87. The Hall–Kier alpha value is -3.30. The summed E-state index contributed by atoms with van der Waals surface area (Å²) in [6.45, 7) is 3.20. The minimum absolute atomic E-state index is 0.207. The number of piperazine rings is 1. The molecule has 2 N–H and O–H groups in total. The van der Waals surface area contributed by atoms with Gasteiger partial charge in [-0.1, -0.05) is 6.07 Å². The Bertz CT molecular complexity index is 1100. The summed E-state index contributed by atoms with van der Waals surface area (Å²) in [5.74, 6) is -0.936. The van der Waals surface area contributed by atoms with Crippen LogP contribution in [0.2, 0.25) is 0 Å². The number of anilines is 2. The van der Waals surface area contributed by atoms with E-state index in [2.05, 4.69) is 20.4 Å². The van der Waals surface area contributed by atoms with Gasteiger partial charge in [0.15, 0.2) is 0 Å². The van der Waals surface area contributed by atoms with E-state index < -0.39 is 11.8 Å². The number of amides is 2. The first-order chi connectivity index (χ1) is 16.5. The predicted octanol–water partition coefficient (Wildman–Crippen LogP) is 3.76. The first kappa shape index (κ1) is 23.8. The number of nitrogens with zero attached hydrogens (tertiary/aromatic N) is 2. The second kappa shape index (κ2) is 11.2. The van der Waals surface area contributed by atoms with E-state index in [-0.39, 0.29) is 18.4 Å². The third-order valence-electron chi connectivity index (χ3n) is 5.81. The van der Waals surface area contributed by atoms with Crippen LogP contribution in [0, 0.1) is 5.82 Å². The second-order valence-electron chi connectivity index (χ2n) is 7.93. The number of thioether (sulfide) groups is 1. The largest absolute Gasteiger partial charge is 0.468 e. The van der Waals surface area contributed by atoms with Crippen LogP contribution in [-0.4, -0.2) is 55.7 Å². The number of halogens is 1. The van der Waals surface area contributed by atoms with Crippen LogP contribution in [-0.2, 0) is 9.59 Å². The molecule has 0 saturated carbocycles. The van der Waals surface area contributed by atoms with Crippen molar-refractivity contribution in [3.8, 4) is 0 Å². The standard InChI is InChI=1S/C25H27FN4O3S/c1-34-21-5-2-4-19(16-21)28-25(32)24(31)27-17-22(23-6-3-15-33-23)30-13-11-29(12-14-30)20-9-7-18(26)8-10-20/h2-10,15-16,22H,11-14,17H2,1H3,(H,27,31)(H,28,32). The highest BCUT2D eigenvalue weighted by Crippen LogP contribution is 2.25. The van der Waals surface area contributed by atoms with Crippen molar-refractivity contribution in [1.82, 2.24) is 10.2 Å². The van der Waals surface area contributed by atoms with Crippen molar-refractivity contribution in [2.24, 2.45) is 0 Å². The number of furan rings is 1. The van der Waals surface area contributed by atoms with Crippen LogP contribution in [0.15, 0.2) is 76.2 Å². The first-order valence-electron chi connectivity index (χ1n) is 11.0. The molecule has 9 heteroatoms. The van der Waals surface area contributed by atoms with Gasteiger partial charge in [0, 0.05) is 49.0 Å². The van der Waals surface area contributed by atoms with E-state index in [1.165, 1.54) is 12.1 Å². The third-order valence-corrected chi connectivity index (χ3v) is 6.53. The summed E-state index contributed by atoms with van der Waals surface area (Å²) in [7, 11) is 0. The second-order valence-corrected chi connectivity index (χ2v) is 8.81. The molecule has 2 heterocycles. The van der Waals surface area contributed by atoms with Gasteiger partial charge in [-0.2, -0.15) is 0 Å². The van der Waals surface area contributed by atoms with Gasteiger partial charge in [-0.15, -0.1) is 11.8 Å². The van der Waals surface area contributed by atoms with Gasteiger partial charge in [-0.3, -0.25) is 14.5 Å². The molecule has 0 bridgehead atoms. The van der Waals surface area contributed by atoms with Gasteiger partial charge < -0.3 is 20.0 Å². The monoisotopic (exact) mass is 482 g/mol. The number of carbonyl (C=O) groups is 2. The fourth-order valence-electron chi connectivity index (χ4n) is 3.99. The van der Waals surface area contributed by atoms with Crippen LogP contribution in [0.25, 0.3) is 0 Å². The molecular weight excluding hydrogens is 455 g/mol. The van der Waals surface area contributed by atoms with Crippen LogP contribution < -0.4 is 15.5 Å². The average Bonchev–Trinajstić information content (AvgIpc) is 3.40. The molecule has 1 atom stereocenters. The van der Waals surface area contributed by atoms with Crippen LogP contribution in [0.3, 0.4) is 0 Å². The van der Waals surface area contributed by atoms with Crippen molar-refractivity contribution < 1.29 is 18.4 Å². The summed E-state index contributed by atoms with van der Waals surface area (Å²) in [6.07, 6.45) is 3.55. The molecule has 1 unspecified atom stereocenters. The van der Waals surface area contributed by atoms with E-state index in [0.717, 1.165) is 42.5 Å². The summed E-state index contributed by atoms with van der Waals surface area (Å²) in [6, 6.07) is 17.3. The SMILES string of the molecule is CSc1cccc(NC(=O)C(=O)NCC(c2ccco2)N2CCN(c3ccc(F)cc3)CC2)c1. The maximum absolute atomic E-state index is 13.2. The van der Waals surface area contributed by atoms with Gasteiger partial charge >= 0.3 is 11.8 Å². The quantitative estimate of drug-likeness (QED) is 0.395. The minimum atomic E-state index is -0.711. The molecule has 0 aliphatic carbocycles. The zero-order valence-electron chi connectivity index (χ0n) is 18.9. The molecule has 1 fully saturated rings. The first-order valence-corrected chi connectivity index (χ1v) is 12.3. The van der Waals surface area contributed by atoms with Crippen molar-refractivity contribution in [2.75, 3.05) is 49.2 Å². The number of benzene rings is 2. The topological polar surface area (TPSA) is 77.8 Å². The summed E-state index contributed by atoms with van der Waals surface area (Å²) in [5.41, 5.74) is 1.55. The highest BCUT2D eigenvalue weighted by molar-refractivity contribution is 7.98. The normalized spacial score (nSPS) is 15.1. The Balaban J connectivity index is 1.35. The minimum Gasteiger partial charge on any atom is -0.468 e. The summed E-state index contributed by atoms with van der Waals surface area (Å²) < 4.78 is 18.9. The lowest BCUT2D eigenvalue weighted by atomic mass is 10.1. The molecule has 3 aromatic rings. The predicted molar refractivity (Wildman–Crippen MR) is 131 cm³/mol. The molecule has 34 heavy (non-hydrogen) atoms. The van der Waals surface area contributed by atoms with Crippen LogP contribution in [0.4, 0.5) is 15.8 Å². The molecule has 178 valence electrons. The van der Waals surface area contributed by atoms with E-state index in [1.807, 2.05) is 36.6 Å². The smallest absolute Gasteiger partial charge is 0.313 e. The van der Waals surface area contributed by atoms with E-state index in [9.17, 15) is 14.0 Å². The van der Waals surface area contributed by atoms with E-state index in [4.69, 9.17) is 4.42 Å². The lowest BCUT2D eigenvalue weighted by molar-refractivity contribution is -0.136. The number of carbonyl (C=O) groups excluding carboxylic acids is 2. The lowest BCUT2D eigenvalue weighted by Gasteiger charge is -2.39. The molecule has 0 radical (unpaired) electrons. The number of hydrogen-bond acceptors (Lipinski definition) is 6. The van der Waals surface area contributed by atoms with Crippen molar-refractivity contribution in [3.63, 3.8) is 0 Å². The van der Waals surface area contributed by atoms with Gasteiger partial charge in [-0.25, -0.2) is 4.39 Å². The van der Waals surface area contributed by atoms with E-state index in [1.54, 1.807) is 36.2 Å². The van der Waals surface area contributed by atoms with Crippen molar-refractivity contribution in [2.45, 2.75) is 10.9 Å². The molecule has 7 nitrogen and oxygen atoms in total. The van der Waals surface area contributed by atoms with Crippen LogP contribution in [0.1, 0.15) is 11.8 Å². The molecule has 1 saturated heterocycles. The molecule has 1 aliphatic rings. The molecule has 4 rings (SSSR count). The highest BCUT2D eigenvalue weighted by atomic mass is 32.2. The Morgan fingerprint density at radius 1 is 1.03 bits per heavy atom. The zero-order chi connectivity index (χ0) is 23.9. The Morgan fingerprint density at radius 2 is 1.79 bits per heavy atom. The fourth-order valence-corrected chi connectivity index (χ4v) is 4.45. The zero-order valence-corrected chi connectivity index (χ0v) is 19.7. The maximum atomic E-state index is 13.2. The molecule has 0 spiro atoms. The van der Waals surface area contributed by atoms with Crippen LogP contribution >= 0.6 is 11.8 Å². The number of nitrogens with one attached hydrogen (secondary N) is 2. The van der Waals surface area contributed by atoms with Gasteiger partial charge in [0.05, 0.1) is 12.3 Å². The summed E-state index contributed by atoms with van der Waals surface area (Å²) in [5, 5.41) is 5.40. The third kappa shape index (κ3) is 5.98. The van der Waals surface area contributed by atoms with E-state index in [0.29, 0.717) is 5.69 Å². The number of hydrogen-bond donors (Lipinski definition) is 2. The maximum Gasteiger partial charge on any atom is 0.313 e. The number of rotatable bonds is 7. The fraction of sp³-hybridized carbons (Fsp3) is 0.280. The Morgan fingerprint density at radius 3 is 2.47 bits per heavy atom. The molecule has 1 aromatic heterocycles. The average molecular weight is 483 g/mol. The molecule has 2 amide bonds. The summed E-state index contributed by atoms with van der Waals surface area (Å²) in [4.78, 5) is 30.3. The van der Waals surface area contributed by atoms with E-state index >= 15 is 0 Å². The molecule has 1 aliphatic heterocycles. The van der Waals surface area contributed by atoms with Crippen molar-refractivity contribution in [1.29, 1.82) is 0 Å². The van der Waals surface area contributed by atoms with Crippen molar-refractivity contribution in [3.05, 3.63) is 78.5 Å². The van der Waals surface area contributed by atoms with Gasteiger partial charge in [0.25, 0.3) is 0 Å². The molecular formula is C25H27FN4O3S. The van der Waals surface area contributed by atoms with Gasteiger partial charge in [0.1, 0.15) is 11.6 Å². The highest BCUT2D eigenvalue weighted by Gasteiger charge is 2.28. The Labute approximate surface area is 202 Å². The van der Waals surface area contributed by atoms with Gasteiger partial charge in [0.2, 0.25) is 0 Å². The van der Waals surface area contributed by atoms with Gasteiger partial charge in [-0.05, 0) is 60.9 Å². The van der Waals surface area contributed by atoms with Crippen molar-refractivity contribution >= 4 is 35.0 Å².